The van der Waals surface area contributed by atoms with Crippen LogP contribution in [0.2, 0.25) is 0 Å². The monoisotopic (exact) mass is 276 g/mol. The SMILES string of the molecule is NC1CCC(C(=O)NCc2cccc(C(=O)O)c2)CC1. The quantitative estimate of drug-likeness (QED) is 0.777. The molecule has 0 atom stereocenters. The molecule has 0 spiro atoms. The van der Waals surface area contributed by atoms with Crippen molar-refractivity contribution < 1.29 is 14.7 Å². The summed E-state index contributed by atoms with van der Waals surface area (Å²) in [6, 6.07) is 6.84. The molecule has 0 saturated heterocycles. The van der Waals surface area contributed by atoms with Gasteiger partial charge in [0.1, 0.15) is 0 Å². The van der Waals surface area contributed by atoms with E-state index in [0.29, 0.717) is 6.54 Å². The van der Waals surface area contributed by atoms with Gasteiger partial charge in [-0.15, -0.1) is 0 Å². The molecule has 108 valence electrons. The van der Waals surface area contributed by atoms with E-state index in [1.807, 2.05) is 6.07 Å². The third-order valence-corrected chi connectivity index (χ3v) is 3.78. The zero-order valence-corrected chi connectivity index (χ0v) is 11.3. The van der Waals surface area contributed by atoms with Gasteiger partial charge in [0.25, 0.3) is 0 Å². The molecule has 0 aromatic heterocycles. The van der Waals surface area contributed by atoms with Crippen molar-refractivity contribution in [3.8, 4) is 0 Å². The van der Waals surface area contributed by atoms with Gasteiger partial charge in [0, 0.05) is 18.5 Å². The van der Waals surface area contributed by atoms with Crippen LogP contribution in [0, 0.1) is 5.92 Å². The lowest BCUT2D eigenvalue weighted by atomic mass is 9.86. The fourth-order valence-corrected chi connectivity index (χ4v) is 2.53. The fraction of sp³-hybridized carbons (Fsp3) is 0.467. The number of aromatic carboxylic acids is 1. The lowest BCUT2D eigenvalue weighted by Gasteiger charge is -2.25. The van der Waals surface area contributed by atoms with E-state index in [2.05, 4.69) is 5.32 Å². The van der Waals surface area contributed by atoms with Crippen LogP contribution in [0.4, 0.5) is 0 Å². The normalized spacial score (nSPS) is 22.2. The van der Waals surface area contributed by atoms with Crippen molar-refractivity contribution in [3.63, 3.8) is 0 Å². The maximum Gasteiger partial charge on any atom is 0.335 e. The summed E-state index contributed by atoms with van der Waals surface area (Å²) >= 11 is 0. The molecule has 0 unspecified atom stereocenters. The number of carboxylic acid groups (broad SMARTS) is 1. The molecule has 1 aromatic carbocycles. The number of rotatable bonds is 4. The Labute approximate surface area is 118 Å². The Morgan fingerprint density at radius 2 is 1.95 bits per heavy atom. The molecule has 5 nitrogen and oxygen atoms in total. The van der Waals surface area contributed by atoms with E-state index < -0.39 is 5.97 Å². The highest BCUT2D eigenvalue weighted by Gasteiger charge is 2.24. The Bertz CT molecular complexity index is 494. The smallest absolute Gasteiger partial charge is 0.335 e. The highest BCUT2D eigenvalue weighted by atomic mass is 16.4. The number of benzene rings is 1. The Hall–Kier alpha value is -1.88. The summed E-state index contributed by atoms with van der Waals surface area (Å²) in [6.07, 6.45) is 3.46. The Morgan fingerprint density at radius 3 is 2.60 bits per heavy atom. The van der Waals surface area contributed by atoms with Crippen LogP contribution in [0.25, 0.3) is 0 Å². The predicted octanol–water partition coefficient (Wildman–Crippen LogP) is 1.52. The molecule has 5 heteroatoms. The lowest BCUT2D eigenvalue weighted by molar-refractivity contribution is -0.126. The van der Waals surface area contributed by atoms with Crippen molar-refractivity contribution in [3.05, 3.63) is 35.4 Å². The van der Waals surface area contributed by atoms with Crippen molar-refractivity contribution in [2.24, 2.45) is 11.7 Å². The first-order valence-corrected chi connectivity index (χ1v) is 6.92. The van der Waals surface area contributed by atoms with Crippen molar-refractivity contribution in [2.75, 3.05) is 0 Å². The third-order valence-electron chi connectivity index (χ3n) is 3.78. The second-order valence-corrected chi connectivity index (χ2v) is 5.34. The second-order valence-electron chi connectivity index (χ2n) is 5.34. The number of hydrogen-bond acceptors (Lipinski definition) is 3. The summed E-state index contributed by atoms with van der Waals surface area (Å²) in [7, 11) is 0. The van der Waals surface area contributed by atoms with Gasteiger partial charge in [-0.25, -0.2) is 4.79 Å². The Balaban J connectivity index is 1.87. The average Bonchev–Trinajstić information content (AvgIpc) is 2.46. The number of hydrogen-bond donors (Lipinski definition) is 3. The molecule has 0 aliphatic heterocycles. The minimum Gasteiger partial charge on any atom is -0.478 e. The largest absolute Gasteiger partial charge is 0.478 e. The maximum atomic E-state index is 12.0. The number of carbonyl (C=O) groups excluding carboxylic acids is 1. The zero-order valence-electron chi connectivity index (χ0n) is 11.3. The van der Waals surface area contributed by atoms with Gasteiger partial charge in [-0.2, -0.15) is 0 Å². The molecule has 1 fully saturated rings. The van der Waals surface area contributed by atoms with Crippen molar-refractivity contribution in [1.82, 2.24) is 5.32 Å². The molecule has 4 N–H and O–H groups in total. The summed E-state index contributed by atoms with van der Waals surface area (Å²) in [5.74, 6) is -0.880. The summed E-state index contributed by atoms with van der Waals surface area (Å²) in [6.45, 7) is 0.364. The van der Waals surface area contributed by atoms with Gasteiger partial charge < -0.3 is 16.2 Å². The van der Waals surface area contributed by atoms with Crippen LogP contribution < -0.4 is 11.1 Å². The topological polar surface area (TPSA) is 92.4 Å². The summed E-state index contributed by atoms with van der Waals surface area (Å²) < 4.78 is 0. The fourth-order valence-electron chi connectivity index (χ4n) is 2.53. The molecule has 0 heterocycles. The third kappa shape index (κ3) is 3.81. The molecule has 0 bridgehead atoms. The molecular formula is C15H20N2O3. The van der Waals surface area contributed by atoms with Crippen LogP contribution in [0.3, 0.4) is 0 Å². The van der Waals surface area contributed by atoms with E-state index in [4.69, 9.17) is 10.8 Å². The van der Waals surface area contributed by atoms with Crippen LogP contribution in [0.5, 0.6) is 0 Å². The van der Waals surface area contributed by atoms with Crippen molar-refractivity contribution in [2.45, 2.75) is 38.3 Å². The standard InChI is InChI=1S/C15H20N2O3/c16-13-6-4-11(5-7-13)14(18)17-9-10-2-1-3-12(8-10)15(19)20/h1-3,8,11,13H,4-7,9,16H2,(H,17,18)(H,19,20). The van der Waals surface area contributed by atoms with Crippen molar-refractivity contribution >= 4 is 11.9 Å². The van der Waals surface area contributed by atoms with E-state index >= 15 is 0 Å². The van der Waals surface area contributed by atoms with Gasteiger partial charge in [-0.05, 0) is 43.4 Å². The first-order chi connectivity index (χ1) is 9.56. The number of carboxylic acids is 1. The molecule has 0 radical (unpaired) electrons. The molecule has 2 rings (SSSR count). The Morgan fingerprint density at radius 1 is 1.25 bits per heavy atom. The van der Waals surface area contributed by atoms with E-state index in [0.717, 1.165) is 31.2 Å². The van der Waals surface area contributed by atoms with Gasteiger partial charge in [0.15, 0.2) is 0 Å². The number of amides is 1. The summed E-state index contributed by atoms with van der Waals surface area (Å²) in [5.41, 5.74) is 6.85. The molecule has 1 aliphatic carbocycles. The van der Waals surface area contributed by atoms with Gasteiger partial charge in [-0.1, -0.05) is 12.1 Å². The molecular weight excluding hydrogens is 256 g/mol. The summed E-state index contributed by atoms with van der Waals surface area (Å²) in [4.78, 5) is 22.9. The van der Waals surface area contributed by atoms with Crippen LogP contribution in [0.15, 0.2) is 24.3 Å². The Kier molecular flexibility index (Phi) is 4.74. The average molecular weight is 276 g/mol. The van der Waals surface area contributed by atoms with Crippen LogP contribution in [-0.2, 0) is 11.3 Å². The van der Waals surface area contributed by atoms with Crippen LogP contribution in [-0.4, -0.2) is 23.0 Å². The maximum absolute atomic E-state index is 12.0. The molecule has 1 amide bonds. The van der Waals surface area contributed by atoms with Crippen molar-refractivity contribution in [1.29, 1.82) is 0 Å². The number of carbonyl (C=O) groups is 2. The van der Waals surface area contributed by atoms with E-state index in [1.54, 1.807) is 12.1 Å². The van der Waals surface area contributed by atoms with Gasteiger partial charge >= 0.3 is 5.97 Å². The lowest BCUT2D eigenvalue weighted by Crippen LogP contribution is -2.35. The first-order valence-electron chi connectivity index (χ1n) is 6.92. The van der Waals surface area contributed by atoms with Crippen LogP contribution in [0.1, 0.15) is 41.6 Å². The number of nitrogens with one attached hydrogen (secondary N) is 1. The highest BCUT2D eigenvalue weighted by Crippen LogP contribution is 2.23. The zero-order chi connectivity index (χ0) is 14.5. The van der Waals surface area contributed by atoms with Gasteiger partial charge in [0.05, 0.1) is 5.56 Å². The summed E-state index contributed by atoms with van der Waals surface area (Å²) in [5, 5.41) is 11.8. The minimum absolute atomic E-state index is 0.0393. The highest BCUT2D eigenvalue weighted by molar-refractivity contribution is 5.87. The molecule has 1 saturated carbocycles. The predicted molar refractivity (Wildman–Crippen MR) is 75.2 cm³/mol. The van der Waals surface area contributed by atoms with Gasteiger partial charge in [-0.3, -0.25) is 4.79 Å². The minimum atomic E-state index is -0.959. The second kappa shape index (κ2) is 6.52. The molecule has 1 aromatic rings. The molecule has 20 heavy (non-hydrogen) atoms. The first kappa shape index (κ1) is 14.5. The van der Waals surface area contributed by atoms with E-state index in [-0.39, 0.29) is 23.4 Å². The molecule has 1 aliphatic rings. The van der Waals surface area contributed by atoms with Crippen LogP contribution >= 0.6 is 0 Å². The van der Waals surface area contributed by atoms with E-state index in [9.17, 15) is 9.59 Å². The van der Waals surface area contributed by atoms with E-state index in [1.165, 1.54) is 6.07 Å². The van der Waals surface area contributed by atoms with Gasteiger partial charge in [0.2, 0.25) is 5.91 Å². The number of nitrogens with two attached hydrogens (primary N) is 1.